The summed E-state index contributed by atoms with van der Waals surface area (Å²) in [5.41, 5.74) is 1.22. The summed E-state index contributed by atoms with van der Waals surface area (Å²) in [6, 6.07) is 8.03. The Kier molecular flexibility index (Phi) is 4.55. The first kappa shape index (κ1) is 12.3. The lowest BCUT2D eigenvalue weighted by molar-refractivity contribution is 0.438. The van der Waals surface area contributed by atoms with Crippen molar-refractivity contribution in [3.8, 4) is 0 Å². The Labute approximate surface area is 108 Å². The molecule has 0 saturated heterocycles. The maximum atomic E-state index is 12.1. The van der Waals surface area contributed by atoms with E-state index in [1.165, 1.54) is 18.4 Å². The monoisotopic (exact) mass is 301 g/mol. The smallest absolute Gasteiger partial charge is 0.128 e. The van der Waals surface area contributed by atoms with E-state index in [0.29, 0.717) is 0 Å². The van der Waals surface area contributed by atoms with Crippen LogP contribution in [0.1, 0.15) is 24.8 Å². The van der Waals surface area contributed by atoms with Crippen LogP contribution < -0.4 is 0 Å². The van der Waals surface area contributed by atoms with Gasteiger partial charge in [0.25, 0.3) is 0 Å². The quantitative estimate of drug-likeness (QED) is 0.604. The van der Waals surface area contributed by atoms with Gasteiger partial charge in [0, 0.05) is 18.4 Å². The molecule has 2 nitrogen and oxygen atoms in total. The molecule has 16 heavy (non-hydrogen) atoms. The van der Waals surface area contributed by atoms with E-state index in [1.807, 2.05) is 18.2 Å². The van der Waals surface area contributed by atoms with Gasteiger partial charge in [0.05, 0.1) is 4.90 Å². The predicted molar refractivity (Wildman–Crippen MR) is 70.9 cm³/mol. The van der Waals surface area contributed by atoms with Gasteiger partial charge >= 0.3 is 0 Å². The molecule has 0 bridgehead atoms. The molecule has 1 aromatic rings. The Morgan fingerprint density at radius 2 is 2.06 bits per heavy atom. The third kappa shape index (κ3) is 2.73. The summed E-state index contributed by atoms with van der Waals surface area (Å²) in [5, 5.41) is 1.07. The van der Waals surface area contributed by atoms with Crippen molar-refractivity contribution in [2.24, 2.45) is 0 Å². The number of hydrogen-bond acceptors (Lipinski definition) is 1. The molecule has 1 aromatic carbocycles. The molecule has 1 heterocycles. The van der Waals surface area contributed by atoms with Gasteiger partial charge in [0.2, 0.25) is 0 Å². The molecule has 0 aromatic heterocycles. The molecule has 4 heteroatoms. The lowest BCUT2D eigenvalue weighted by Crippen LogP contribution is -2.20. The Morgan fingerprint density at radius 3 is 2.81 bits per heavy atom. The standard InChI is InChI=1S/C12H16BrNOS/c13-8-4-1-5-9-14-10-11-6-2-3-7-12(11)16(14)15/h2-3,6-7H,1,4-5,8-10H2. The summed E-state index contributed by atoms with van der Waals surface area (Å²) in [6.45, 7) is 1.78. The summed E-state index contributed by atoms with van der Waals surface area (Å²) in [5.74, 6) is 0. The van der Waals surface area contributed by atoms with Crippen LogP contribution in [-0.2, 0) is 17.5 Å². The molecule has 0 fully saturated rings. The minimum absolute atomic E-state index is 0.844. The van der Waals surface area contributed by atoms with Crippen LogP contribution in [-0.4, -0.2) is 20.4 Å². The second-order valence-corrected chi connectivity index (χ2v) is 6.22. The molecular formula is C12H16BrNOS. The van der Waals surface area contributed by atoms with Crippen LogP contribution in [0.15, 0.2) is 29.2 Å². The highest BCUT2D eigenvalue weighted by Gasteiger charge is 2.25. The van der Waals surface area contributed by atoms with Crippen molar-refractivity contribution in [1.82, 2.24) is 4.31 Å². The highest BCUT2D eigenvalue weighted by Crippen LogP contribution is 2.26. The number of benzene rings is 1. The van der Waals surface area contributed by atoms with E-state index in [1.54, 1.807) is 0 Å². The number of nitrogens with zero attached hydrogens (tertiary/aromatic N) is 1. The zero-order valence-electron chi connectivity index (χ0n) is 9.19. The van der Waals surface area contributed by atoms with Crippen LogP contribution in [0.2, 0.25) is 0 Å². The van der Waals surface area contributed by atoms with E-state index in [2.05, 4.69) is 26.3 Å². The van der Waals surface area contributed by atoms with Crippen molar-refractivity contribution in [1.29, 1.82) is 0 Å². The molecule has 1 atom stereocenters. The van der Waals surface area contributed by atoms with E-state index in [-0.39, 0.29) is 0 Å². The highest BCUT2D eigenvalue weighted by atomic mass is 79.9. The summed E-state index contributed by atoms with van der Waals surface area (Å²) in [4.78, 5) is 1.00. The van der Waals surface area contributed by atoms with Crippen LogP contribution in [0, 0.1) is 0 Å². The second kappa shape index (κ2) is 5.94. The number of fused-ring (bicyclic) bond motifs is 1. The van der Waals surface area contributed by atoms with Gasteiger partial charge in [-0.1, -0.05) is 40.5 Å². The average molecular weight is 302 g/mol. The Morgan fingerprint density at radius 1 is 1.25 bits per heavy atom. The second-order valence-electron chi connectivity index (χ2n) is 3.97. The molecule has 1 aliphatic heterocycles. The molecule has 0 saturated carbocycles. The molecule has 0 aliphatic carbocycles. The fraction of sp³-hybridized carbons (Fsp3) is 0.500. The number of alkyl halides is 1. The summed E-state index contributed by atoms with van der Waals surface area (Å²) in [6.07, 6.45) is 3.54. The first-order valence-electron chi connectivity index (χ1n) is 5.63. The third-order valence-electron chi connectivity index (χ3n) is 2.78. The van der Waals surface area contributed by atoms with Crippen LogP contribution in [0.5, 0.6) is 0 Å². The van der Waals surface area contributed by atoms with E-state index in [9.17, 15) is 4.21 Å². The van der Waals surface area contributed by atoms with Crippen molar-refractivity contribution >= 4 is 26.9 Å². The van der Waals surface area contributed by atoms with Gasteiger partial charge in [0.15, 0.2) is 0 Å². The van der Waals surface area contributed by atoms with Crippen molar-refractivity contribution < 1.29 is 4.21 Å². The number of halogens is 1. The molecular weight excluding hydrogens is 286 g/mol. The maximum Gasteiger partial charge on any atom is 0.128 e. The SMILES string of the molecule is O=S1c2ccccc2CN1CCCCCBr. The van der Waals surface area contributed by atoms with Crippen LogP contribution in [0.4, 0.5) is 0 Å². The summed E-state index contributed by atoms with van der Waals surface area (Å²) < 4.78 is 14.2. The van der Waals surface area contributed by atoms with Gasteiger partial charge < -0.3 is 0 Å². The minimum atomic E-state index is -0.919. The van der Waals surface area contributed by atoms with Gasteiger partial charge in [-0.2, -0.15) is 0 Å². The number of rotatable bonds is 5. The molecule has 0 N–H and O–H groups in total. The molecule has 1 aliphatic rings. The molecule has 0 amide bonds. The van der Waals surface area contributed by atoms with E-state index < -0.39 is 11.0 Å². The van der Waals surface area contributed by atoms with E-state index in [4.69, 9.17) is 0 Å². The summed E-state index contributed by atoms with van der Waals surface area (Å²) in [7, 11) is -0.919. The van der Waals surface area contributed by atoms with Crippen LogP contribution >= 0.6 is 15.9 Å². The van der Waals surface area contributed by atoms with E-state index >= 15 is 0 Å². The average Bonchev–Trinajstić information content (AvgIpc) is 2.63. The maximum absolute atomic E-state index is 12.1. The fourth-order valence-corrected chi connectivity index (χ4v) is 3.69. The normalized spacial score (nSPS) is 19.9. The first-order chi connectivity index (χ1) is 7.83. The molecule has 88 valence electrons. The zero-order chi connectivity index (χ0) is 11.4. The zero-order valence-corrected chi connectivity index (χ0v) is 11.6. The van der Waals surface area contributed by atoms with Crippen molar-refractivity contribution in [2.45, 2.75) is 30.7 Å². The van der Waals surface area contributed by atoms with Gasteiger partial charge in [0.1, 0.15) is 11.0 Å². The molecule has 0 radical (unpaired) electrons. The highest BCUT2D eigenvalue weighted by molar-refractivity contribution is 9.09. The van der Waals surface area contributed by atoms with Crippen molar-refractivity contribution in [3.63, 3.8) is 0 Å². The fourth-order valence-electron chi connectivity index (χ4n) is 1.91. The predicted octanol–water partition coefficient (Wildman–Crippen LogP) is 3.09. The first-order valence-corrected chi connectivity index (χ1v) is 7.86. The van der Waals surface area contributed by atoms with Gasteiger partial charge in [-0.3, -0.25) is 0 Å². The topological polar surface area (TPSA) is 20.3 Å². The van der Waals surface area contributed by atoms with Crippen molar-refractivity contribution in [2.75, 3.05) is 11.9 Å². The Balaban J connectivity index is 1.89. The Bertz CT molecular complexity index is 383. The number of unbranched alkanes of at least 4 members (excludes halogenated alkanes) is 2. The van der Waals surface area contributed by atoms with Crippen molar-refractivity contribution in [3.05, 3.63) is 29.8 Å². The van der Waals surface area contributed by atoms with Gasteiger partial charge in [-0.15, -0.1) is 0 Å². The largest absolute Gasteiger partial charge is 0.237 e. The van der Waals surface area contributed by atoms with Gasteiger partial charge in [-0.05, 0) is 24.5 Å². The lowest BCUT2D eigenvalue weighted by Gasteiger charge is -2.12. The van der Waals surface area contributed by atoms with Gasteiger partial charge in [-0.25, -0.2) is 8.51 Å². The number of hydrogen-bond donors (Lipinski definition) is 0. The van der Waals surface area contributed by atoms with Crippen LogP contribution in [0.25, 0.3) is 0 Å². The summed E-state index contributed by atoms with van der Waals surface area (Å²) >= 11 is 3.42. The minimum Gasteiger partial charge on any atom is -0.237 e. The molecule has 0 spiro atoms. The Hall–Kier alpha value is -0.190. The molecule has 2 rings (SSSR count). The third-order valence-corrected chi connectivity index (χ3v) is 4.90. The van der Waals surface area contributed by atoms with E-state index in [0.717, 1.165) is 29.7 Å². The molecule has 1 unspecified atom stereocenters. The lowest BCUT2D eigenvalue weighted by atomic mass is 10.2. The van der Waals surface area contributed by atoms with Crippen LogP contribution in [0.3, 0.4) is 0 Å².